The molecule has 0 saturated carbocycles. The van der Waals surface area contributed by atoms with Gasteiger partial charge in [0.2, 0.25) is 10.0 Å². The largest absolute Gasteiger partial charge is 0.497 e. The Morgan fingerprint density at radius 2 is 1.67 bits per heavy atom. The van der Waals surface area contributed by atoms with E-state index in [2.05, 4.69) is 10.2 Å². The average Bonchev–Trinajstić information content (AvgIpc) is 2.66. The Morgan fingerprint density at radius 1 is 1.04 bits per heavy atom. The average molecular weight is 392 g/mol. The third-order valence-corrected chi connectivity index (χ3v) is 5.31. The van der Waals surface area contributed by atoms with Crippen molar-refractivity contribution in [3.8, 4) is 5.75 Å². The van der Waals surface area contributed by atoms with Gasteiger partial charge < -0.3 is 4.74 Å². The molecule has 146 valence electrons. The Kier molecular flexibility index (Phi) is 7.35. The Balaban J connectivity index is 2.01. The molecule has 1 atom stereocenters. The van der Waals surface area contributed by atoms with Crippen LogP contribution >= 0.6 is 0 Å². The monoisotopic (exact) mass is 392 g/mol. The first-order valence-corrected chi connectivity index (χ1v) is 9.94. The van der Waals surface area contributed by atoms with E-state index in [1.54, 1.807) is 26.0 Å². The van der Waals surface area contributed by atoms with Crippen molar-refractivity contribution in [2.75, 3.05) is 7.11 Å². The van der Waals surface area contributed by atoms with Crippen molar-refractivity contribution in [1.82, 2.24) is 10.2 Å². The molecule has 0 aromatic heterocycles. The number of methoxy groups -OCH3 is 1. The van der Waals surface area contributed by atoms with Gasteiger partial charge in [0, 0.05) is 0 Å². The summed E-state index contributed by atoms with van der Waals surface area (Å²) >= 11 is 0. The summed E-state index contributed by atoms with van der Waals surface area (Å²) in [4.78, 5) is 17.7. The van der Waals surface area contributed by atoms with Crippen LogP contribution in [0.3, 0.4) is 0 Å². The lowest BCUT2D eigenvalue weighted by Crippen LogP contribution is -2.49. The Bertz CT molecular complexity index is 836. The SMILES string of the molecule is COc1ccc(S(=O)(=O)N[C@H](C(=O)NOCc2ccccc2)C(C)C)cc1. The minimum Gasteiger partial charge on any atom is -0.497 e. The molecule has 2 N–H and O–H groups in total. The summed E-state index contributed by atoms with van der Waals surface area (Å²) in [6.07, 6.45) is 0. The first kappa shape index (κ1) is 20.9. The number of rotatable bonds is 9. The second-order valence-corrected chi connectivity index (χ2v) is 7.97. The van der Waals surface area contributed by atoms with Crippen molar-refractivity contribution in [2.24, 2.45) is 5.92 Å². The van der Waals surface area contributed by atoms with Crippen molar-refractivity contribution in [3.05, 3.63) is 60.2 Å². The van der Waals surface area contributed by atoms with Crippen LogP contribution in [0.2, 0.25) is 0 Å². The summed E-state index contributed by atoms with van der Waals surface area (Å²) in [7, 11) is -2.38. The van der Waals surface area contributed by atoms with E-state index in [1.807, 2.05) is 30.3 Å². The van der Waals surface area contributed by atoms with E-state index in [-0.39, 0.29) is 17.4 Å². The smallest absolute Gasteiger partial charge is 0.261 e. The number of benzene rings is 2. The maximum Gasteiger partial charge on any atom is 0.261 e. The van der Waals surface area contributed by atoms with Crippen molar-refractivity contribution >= 4 is 15.9 Å². The fourth-order valence-corrected chi connectivity index (χ4v) is 3.65. The molecule has 7 nitrogen and oxygen atoms in total. The Labute approximate surface area is 159 Å². The molecule has 0 aliphatic carbocycles. The second kappa shape index (κ2) is 9.50. The minimum absolute atomic E-state index is 0.0481. The van der Waals surface area contributed by atoms with E-state index in [9.17, 15) is 13.2 Å². The van der Waals surface area contributed by atoms with Gasteiger partial charge in [-0.15, -0.1) is 0 Å². The van der Waals surface area contributed by atoms with Crippen LogP contribution in [-0.2, 0) is 26.3 Å². The van der Waals surface area contributed by atoms with Crippen LogP contribution in [0, 0.1) is 5.92 Å². The first-order valence-electron chi connectivity index (χ1n) is 8.45. The highest BCUT2D eigenvalue weighted by atomic mass is 32.2. The molecule has 0 saturated heterocycles. The molecule has 0 spiro atoms. The van der Waals surface area contributed by atoms with Gasteiger partial charge in [-0.1, -0.05) is 44.2 Å². The topological polar surface area (TPSA) is 93.7 Å². The molecule has 2 aromatic rings. The normalized spacial score (nSPS) is 12.6. The summed E-state index contributed by atoms with van der Waals surface area (Å²) in [6, 6.07) is 14.3. The summed E-state index contributed by atoms with van der Waals surface area (Å²) in [5.74, 6) is -0.294. The lowest BCUT2D eigenvalue weighted by molar-refractivity contribution is -0.137. The van der Waals surface area contributed by atoms with Crippen LogP contribution in [0.1, 0.15) is 19.4 Å². The van der Waals surface area contributed by atoms with Crippen LogP contribution in [0.15, 0.2) is 59.5 Å². The fourth-order valence-electron chi connectivity index (χ4n) is 2.31. The second-order valence-electron chi connectivity index (χ2n) is 6.26. The first-order chi connectivity index (χ1) is 12.8. The van der Waals surface area contributed by atoms with E-state index < -0.39 is 22.0 Å². The number of sulfonamides is 1. The highest BCUT2D eigenvalue weighted by molar-refractivity contribution is 7.89. The van der Waals surface area contributed by atoms with E-state index in [4.69, 9.17) is 9.57 Å². The zero-order chi connectivity index (χ0) is 19.9. The lowest BCUT2D eigenvalue weighted by atomic mass is 10.1. The van der Waals surface area contributed by atoms with Crippen LogP contribution in [0.4, 0.5) is 0 Å². The van der Waals surface area contributed by atoms with E-state index >= 15 is 0 Å². The van der Waals surface area contributed by atoms with Gasteiger partial charge in [-0.05, 0) is 35.7 Å². The van der Waals surface area contributed by atoms with E-state index in [1.165, 1.54) is 19.2 Å². The number of carbonyl (C=O) groups excluding carboxylic acids is 1. The summed E-state index contributed by atoms with van der Waals surface area (Å²) in [6.45, 7) is 3.68. The molecule has 2 rings (SSSR count). The van der Waals surface area contributed by atoms with Gasteiger partial charge in [-0.25, -0.2) is 13.9 Å². The molecule has 2 aromatic carbocycles. The van der Waals surface area contributed by atoms with E-state index in [0.717, 1.165) is 5.56 Å². The number of nitrogens with one attached hydrogen (secondary N) is 2. The molecular formula is C19H24N2O5S. The maximum atomic E-state index is 12.6. The predicted octanol–water partition coefficient (Wildman–Crippen LogP) is 2.25. The Morgan fingerprint density at radius 3 is 2.22 bits per heavy atom. The van der Waals surface area contributed by atoms with Crippen LogP contribution in [0.5, 0.6) is 5.75 Å². The van der Waals surface area contributed by atoms with Gasteiger partial charge in [-0.2, -0.15) is 4.72 Å². The van der Waals surface area contributed by atoms with Gasteiger partial charge in [0.15, 0.2) is 0 Å². The zero-order valence-electron chi connectivity index (χ0n) is 15.5. The zero-order valence-corrected chi connectivity index (χ0v) is 16.3. The summed E-state index contributed by atoms with van der Waals surface area (Å²) in [5, 5.41) is 0. The van der Waals surface area contributed by atoms with Gasteiger partial charge >= 0.3 is 0 Å². The van der Waals surface area contributed by atoms with Crippen LogP contribution in [-0.4, -0.2) is 27.5 Å². The highest BCUT2D eigenvalue weighted by Crippen LogP contribution is 2.16. The summed E-state index contributed by atoms with van der Waals surface area (Å²) in [5.41, 5.74) is 3.21. The summed E-state index contributed by atoms with van der Waals surface area (Å²) < 4.78 is 32.6. The molecule has 0 bridgehead atoms. The molecule has 1 amide bonds. The minimum atomic E-state index is -3.87. The Hall–Kier alpha value is -2.42. The molecule has 0 radical (unpaired) electrons. The number of ether oxygens (including phenoxy) is 1. The lowest BCUT2D eigenvalue weighted by Gasteiger charge is -2.21. The van der Waals surface area contributed by atoms with Crippen molar-refractivity contribution < 1.29 is 22.8 Å². The van der Waals surface area contributed by atoms with Crippen molar-refractivity contribution in [1.29, 1.82) is 0 Å². The molecule has 8 heteroatoms. The third-order valence-electron chi connectivity index (χ3n) is 3.86. The van der Waals surface area contributed by atoms with Gasteiger partial charge in [-0.3, -0.25) is 9.63 Å². The van der Waals surface area contributed by atoms with Crippen LogP contribution < -0.4 is 14.9 Å². The molecular weight excluding hydrogens is 368 g/mol. The number of hydrogen-bond acceptors (Lipinski definition) is 5. The number of amides is 1. The number of carbonyl (C=O) groups is 1. The number of hydroxylamine groups is 1. The van der Waals surface area contributed by atoms with Crippen molar-refractivity contribution in [2.45, 2.75) is 31.4 Å². The molecule has 0 aliphatic heterocycles. The molecule has 0 heterocycles. The molecule has 0 fully saturated rings. The fraction of sp³-hybridized carbons (Fsp3) is 0.316. The van der Waals surface area contributed by atoms with E-state index in [0.29, 0.717) is 5.75 Å². The maximum absolute atomic E-state index is 12.6. The molecule has 27 heavy (non-hydrogen) atoms. The third kappa shape index (κ3) is 6.06. The van der Waals surface area contributed by atoms with Gasteiger partial charge in [0.05, 0.1) is 18.6 Å². The predicted molar refractivity (Wildman–Crippen MR) is 101 cm³/mol. The molecule has 0 aliphatic rings. The van der Waals surface area contributed by atoms with Gasteiger partial charge in [0.25, 0.3) is 5.91 Å². The number of hydrogen-bond donors (Lipinski definition) is 2. The molecule has 0 unspecified atom stereocenters. The van der Waals surface area contributed by atoms with Gasteiger partial charge in [0.1, 0.15) is 11.8 Å². The van der Waals surface area contributed by atoms with Crippen LogP contribution in [0.25, 0.3) is 0 Å². The highest BCUT2D eigenvalue weighted by Gasteiger charge is 2.28. The standard InChI is InChI=1S/C19H24N2O5S/c1-14(2)18(19(22)20-26-13-15-7-5-4-6-8-15)21-27(23,24)17-11-9-16(25-3)10-12-17/h4-12,14,18,21H,13H2,1-3H3,(H,20,22)/t18-/m0/s1. The van der Waals surface area contributed by atoms with Crippen molar-refractivity contribution in [3.63, 3.8) is 0 Å². The quantitative estimate of drug-likeness (QED) is 0.639.